The number of nitrogens with two attached hydrogens (primary N) is 1. The topological polar surface area (TPSA) is 52.3 Å². The molecule has 0 aliphatic heterocycles. The number of rotatable bonds is 3. The molecule has 0 fully saturated rings. The smallest absolute Gasteiger partial charge is 0.298 e. The summed E-state index contributed by atoms with van der Waals surface area (Å²) in [5, 5.41) is 5.28. The van der Waals surface area contributed by atoms with Crippen LogP contribution in [0.3, 0.4) is 0 Å². The van der Waals surface area contributed by atoms with Gasteiger partial charge in [-0.25, -0.2) is 0 Å². The Bertz CT molecular complexity index is 235. The second kappa shape index (κ2) is 4.00. The third-order valence-corrected chi connectivity index (χ3v) is 1.69. The number of ether oxygens (including phenoxy) is 1. The largest absolute Gasteiger partial charge is 0.429 e. The van der Waals surface area contributed by atoms with Crippen molar-refractivity contribution in [3.05, 3.63) is 24.3 Å². The Morgan fingerprint density at radius 3 is 2.45 bits per heavy atom. The first-order valence-electron chi connectivity index (χ1n) is 2.94. The number of hydrogen-bond acceptors (Lipinski definition) is 4. The summed E-state index contributed by atoms with van der Waals surface area (Å²) in [6, 6.07) is 6.93. The SMILES string of the molecule is NSc1ccc(OC=O)cc1. The van der Waals surface area contributed by atoms with Gasteiger partial charge in [0.2, 0.25) is 0 Å². The van der Waals surface area contributed by atoms with E-state index in [0.29, 0.717) is 12.2 Å². The van der Waals surface area contributed by atoms with E-state index < -0.39 is 0 Å². The molecule has 0 aromatic heterocycles. The van der Waals surface area contributed by atoms with E-state index in [4.69, 9.17) is 5.14 Å². The summed E-state index contributed by atoms with van der Waals surface area (Å²) in [7, 11) is 0. The van der Waals surface area contributed by atoms with Crippen LogP contribution >= 0.6 is 11.9 Å². The Labute approximate surface area is 68.7 Å². The van der Waals surface area contributed by atoms with Crippen LogP contribution in [0.5, 0.6) is 5.75 Å². The van der Waals surface area contributed by atoms with E-state index in [1.165, 1.54) is 0 Å². The van der Waals surface area contributed by atoms with Gasteiger partial charge in [-0.2, -0.15) is 0 Å². The van der Waals surface area contributed by atoms with Gasteiger partial charge in [0.15, 0.2) is 0 Å². The van der Waals surface area contributed by atoms with Gasteiger partial charge in [0, 0.05) is 4.90 Å². The molecule has 0 atom stereocenters. The molecule has 0 spiro atoms. The Morgan fingerprint density at radius 2 is 2.00 bits per heavy atom. The van der Waals surface area contributed by atoms with Crippen molar-refractivity contribution in [3.8, 4) is 5.75 Å². The molecule has 0 radical (unpaired) electrons. The van der Waals surface area contributed by atoms with Crippen LogP contribution in [0.4, 0.5) is 0 Å². The number of benzene rings is 1. The van der Waals surface area contributed by atoms with Crippen molar-refractivity contribution < 1.29 is 9.53 Å². The number of carbonyl (C=O) groups is 1. The molecule has 58 valence electrons. The molecule has 3 nitrogen and oxygen atoms in total. The fourth-order valence-electron chi connectivity index (χ4n) is 0.652. The van der Waals surface area contributed by atoms with E-state index in [9.17, 15) is 4.79 Å². The molecule has 0 bridgehead atoms. The molecule has 11 heavy (non-hydrogen) atoms. The highest BCUT2D eigenvalue weighted by Gasteiger charge is 1.92. The van der Waals surface area contributed by atoms with Crippen LogP contribution in [-0.4, -0.2) is 6.47 Å². The lowest BCUT2D eigenvalue weighted by molar-refractivity contribution is -0.120. The maximum atomic E-state index is 9.88. The van der Waals surface area contributed by atoms with Crippen molar-refractivity contribution in [1.82, 2.24) is 0 Å². The van der Waals surface area contributed by atoms with Crippen LogP contribution in [0.2, 0.25) is 0 Å². The quantitative estimate of drug-likeness (QED) is 0.545. The fourth-order valence-corrected chi connectivity index (χ4v) is 0.946. The lowest BCUT2D eigenvalue weighted by Crippen LogP contribution is -1.87. The van der Waals surface area contributed by atoms with Crippen molar-refractivity contribution in [3.63, 3.8) is 0 Å². The van der Waals surface area contributed by atoms with Gasteiger partial charge in [-0.1, -0.05) is 0 Å². The zero-order valence-corrected chi connectivity index (χ0v) is 6.51. The molecular weight excluding hydrogens is 162 g/mol. The first kappa shape index (κ1) is 8.10. The average molecular weight is 169 g/mol. The molecular formula is C7H7NO2S. The Balaban J connectivity index is 2.74. The van der Waals surface area contributed by atoms with E-state index >= 15 is 0 Å². The molecule has 1 rings (SSSR count). The summed E-state index contributed by atoms with van der Waals surface area (Å²) < 4.78 is 4.57. The van der Waals surface area contributed by atoms with Gasteiger partial charge in [0.05, 0.1) is 0 Å². The maximum absolute atomic E-state index is 9.88. The third kappa shape index (κ3) is 2.25. The van der Waals surface area contributed by atoms with Crippen LogP contribution in [0.1, 0.15) is 0 Å². The summed E-state index contributed by atoms with van der Waals surface area (Å²) >= 11 is 1.15. The molecule has 0 unspecified atom stereocenters. The zero-order chi connectivity index (χ0) is 8.10. The highest BCUT2D eigenvalue weighted by atomic mass is 32.2. The molecule has 0 aliphatic rings. The van der Waals surface area contributed by atoms with E-state index in [0.717, 1.165) is 16.8 Å². The predicted octanol–water partition coefficient (Wildman–Crippen LogP) is 1.19. The monoisotopic (exact) mass is 169 g/mol. The Hall–Kier alpha value is -1.00. The second-order valence-corrected chi connectivity index (χ2v) is 2.51. The van der Waals surface area contributed by atoms with Gasteiger partial charge < -0.3 is 4.74 Å². The summed E-state index contributed by atoms with van der Waals surface area (Å²) in [6.07, 6.45) is 0. The minimum atomic E-state index is 0.393. The normalized spacial score (nSPS) is 9.18. The van der Waals surface area contributed by atoms with E-state index in [1.54, 1.807) is 24.3 Å². The van der Waals surface area contributed by atoms with Gasteiger partial charge in [0.1, 0.15) is 5.75 Å². The predicted molar refractivity (Wildman–Crippen MR) is 43.2 cm³/mol. The molecule has 0 saturated carbocycles. The fraction of sp³-hybridized carbons (Fsp3) is 0. The average Bonchev–Trinajstić information content (AvgIpc) is 2.07. The maximum Gasteiger partial charge on any atom is 0.298 e. The van der Waals surface area contributed by atoms with Crippen molar-refractivity contribution >= 4 is 18.4 Å². The van der Waals surface area contributed by atoms with Crippen LogP contribution in [0, 0.1) is 0 Å². The van der Waals surface area contributed by atoms with Crippen molar-refractivity contribution in [2.45, 2.75) is 4.90 Å². The van der Waals surface area contributed by atoms with Crippen LogP contribution in [0.25, 0.3) is 0 Å². The van der Waals surface area contributed by atoms with Crippen molar-refractivity contribution in [2.75, 3.05) is 0 Å². The standard InChI is InChI=1S/C7H7NO2S/c8-11-7-3-1-6(2-4-7)10-5-9/h1-5H,8H2. The molecule has 0 aliphatic carbocycles. The zero-order valence-electron chi connectivity index (χ0n) is 5.69. The van der Waals surface area contributed by atoms with Crippen LogP contribution in [0.15, 0.2) is 29.2 Å². The second-order valence-electron chi connectivity index (χ2n) is 1.80. The third-order valence-electron chi connectivity index (χ3n) is 1.14. The summed E-state index contributed by atoms with van der Waals surface area (Å²) in [4.78, 5) is 10.8. The van der Waals surface area contributed by atoms with E-state index in [1.807, 2.05) is 0 Å². The Kier molecular flexibility index (Phi) is 2.95. The number of carbonyl (C=O) groups excluding carboxylic acids is 1. The van der Waals surface area contributed by atoms with Gasteiger partial charge in [-0.15, -0.1) is 0 Å². The minimum absolute atomic E-state index is 0.393. The lowest BCUT2D eigenvalue weighted by Gasteiger charge is -1.97. The highest BCUT2D eigenvalue weighted by molar-refractivity contribution is 7.97. The van der Waals surface area contributed by atoms with Gasteiger partial charge in [0.25, 0.3) is 6.47 Å². The molecule has 1 aromatic rings. The lowest BCUT2D eigenvalue weighted by atomic mass is 10.3. The van der Waals surface area contributed by atoms with Gasteiger partial charge in [-0.05, 0) is 36.2 Å². The first-order chi connectivity index (χ1) is 5.36. The summed E-state index contributed by atoms with van der Waals surface area (Å²) in [5.74, 6) is 0.526. The molecule has 0 saturated heterocycles. The van der Waals surface area contributed by atoms with Crippen LogP contribution in [-0.2, 0) is 4.79 Å². The van der Waals surface area contributed by atoms with Gasteiger partial charge in [-0.3, -0.25) is 9.93 Å². The van der Waals surface area contributed by atoms with E-state index in [-0.39, 0.29) is 0 Å². The minimum Gasteiger partial charge on any atom is -0.429 e. The molecule has 0 heterocycles. The molecule has 2 N–H and O–H groups in total. The summed E-state index contributed by atoms with van der Waals surface area (Å²) in [6.45, 7) is 0.393. The number of hydrogen-bond donors (Lipinski definition) is 1. The molecule has 1 aromatic carbocycles. The summed E-state index contributed by atoms with van der Waals surface area (Å²) in [5.41, 5.74) is 0. The molecule has 4 heteroatoms. The van der Waals surface area contributed by atoms with Crippen molar-refractivity contribution in [2.24, 2.45) is 5.14 Å². The Morgan fingerprint density at radius 1 is 1.36 bits per heavy atom. The van der Waals surface area contributed by atoms with Crippen molar-refractivity contribution in [1.29, 1.82) is 0 Å². The van der Waals surface area contributed by atoms with Gasteiger partial charge >= 0.3 is 0 Å². The van der Waals surface area contributed by atoms with E-state index in [2.05, 4.69) is 4.74 Å². The van der Waals surface area contributed by atoms with Crippen LogP contribution < -0.4 is 9.88 Å². The molecule has 0 amide bonds. The first-order valence-corrected chi connectivity index (χ1v) is 3.82. The highest BCUT2D eigenvalue weighted by Crippen LogP contribution is 2.16.